The van der Waals surface area contributed by atoms with E-state index in [9.17, 15) is 9.59 Å². The van der Waals surface area contributed by atoms with Gasteiger partial charge in [0.2, 0.25) is 5.91 Å². The number of fused-ring (bicyclic) bond motifs is 1. The van der Waals surface area contributed by atoms with Gasteiger partial charge in [0, 0.05) is 5.56 Å². The Bertz CT molecular complexity index is 956. The van der Waals surface area contributed by atoms with Crippen molar-refractivity contribution >= 4 is 40.2 Å². The van der Waals surface area contributed by atoms with Crippen molar-refractivity contribution in [2.45, 2.75) is 18.9 Å². The van der Waals surface area contributed by atoms with Crippen LogP contribution in [0.4, 0.5) is 5.69 Å². The topological polar surface area (TPSA) is 72.0 Å². The lowest BCUT2D eigenvalue weighted by Gasteiger charge is -2.09. The molecule has 1 heterocycles. The smallest absolute Gasteiger partial charge is 0.234 e. The van der Waals surface area contributed by atoms with Crippen molar-refractivity contribution in [3.8, 4) is 0 Å². The van der Waals surface area contributed by atoms with Crippen molar-refractivity contribution in [1.82, 2.24) is 9.97 Å². The molecule has 0 unspecified atom stereocenters. The summed E-state index contributed by atoms with van der Waals surface area (Å²) in [5.41, 5.74) is 3.47. The number of thioether (sulfide) groups is 1. The second kappa shape index (κ2) is 7.44. The minimum Gasteiger partial charge on any atom is -0.325 e. The third-order valence-corrected chi connectivity index (χ3v) is 4.69. The van der Waals surface area contributed by atoms with E-state index in [-0.39, 0.29) is 17.4 Å². The van der Waals surface area contributed by atoms with E-state index in [1.165, 1.54) is 18.7 Å². The summed E-state index contributed by atoms with van der Waals surface area (Å²) < 4.78 is 0. The van der Waals surface area contributed by atoms with Crippen LogP contribution >= 0.6 is 11.8 Å². The van der Waals surface area contributed by atoms with Crippen LogP contribution in [-0.2, 0) is 4.79 Å². The number of benzene rings is 2. The third-order valence-electron chi connectivity index (χ3n) is 3.62. The number of carbonyl (C=O) groups is 2. The lowest BCUT2D eigenvalue weighted by Crippen LogP contribution is -2.16. The number of anilines is 1. The summed E-state index contributed by atoms with van der Waals surface area (Å²) in [6.07, 6.45) is 0. The van der Waals surface area contributed by atoms with Gasteiger partial charge in [-0.1, -0.05) is 36.0 Å². The van der Waals surface area contributed by atoms with Crippen LogP contribution in [0.15, 0.2) is 53.6 Å². The Labute approximate surface area is 149 Å². The second-order valence-electron chi connectivity index (χ2n) is 5.54. The van der Waals surface area contributed by atoms with E-state index >= 15 is 0 Å². The Morgan fingerprint density at radius 3 is 2.36 bits per heavy atom. The average molecular weight is 351 g/mol. The number of carbonyl (C=O) groups excluding carboxylic acids is 2. The number of rotatable bonds is 5. The van der Waals surface area contributed by atoms with E-state index in [2.05, 4.69) is 15.3 Å². The molecule has 0 aliphatic heterocycles. The third kappa shape index (κ3) is 4.03. The minimum atomic E-state index is -0.187. The van der Waals surface area contributed by atoms with Crippen LogP contribution < -0.4 is 5.32 Å². The number of ketones is 1. The molecule has 0 spiro atoms. The van der Waals surface area contributed by atoms with Crippen LogP contribution in [0.5, 0.6) is 0 Å². The number of aromatic nitrogens is 2. The molecule has 0 atom stereocenters. The van der Waals surface area contributed by atoms with Crippen LogP contribution in [0.25, 0.3) is 11.0 Å². The number of Topliss-reactive ketones (excluding diaryl/α,β-unsaturated/α-hetero) is 1. The highest BCUT2D eigenvalue weighted by atomic mass is 32.2. The molecule has 1 amide bonds. The highest BCUT2D eigenvalue weighted by molar-refractivity contribution is 8.00. The molecule has 5 nitrogen and oxygen atoms in total. The molecule has 1 N–H and O–H groups in total. The van der Waals surface area contributed by atoms with Gasteiger partial charge in [-0.25, -0.2) is 9.97 Å². The molecule has 0 radical (unpaired) electrons. The Hall–Kier alpha value is -2.73. The van der Waals surface area contributed by atoms with Crippen LogP contribution in [0, 0.1) is 6.92 Å². The molecule has 0 bridgehead atoms. The SMILES string of the molecule is CC(=O)c1ccccc1NC(=O)CSc1nc2ccccc2nc1C. The van der Waals surface area contributed by atoms with Crippen LogP contribution in [0.3, 0.4) is 0 Å². The highest BCUT2D eigenvalue weighted by Crippen LogP contribution is 2.22. The Balaban J connectivity index is 1.71. The number of amides is 1. The lowest BCUT2D eigenvalue weighted by molar-refractivity contribution is -0.113. The van der Waals surface area contributed by atoms with Crippen molar-refractivity contribution < 1.29 is 9.59 Å². The van der Waals surface area contributed by atoms with Gasteiger partial charge in [-0.15, -0.1) is 0 Å². The first-order chi connectivity index (χ1) is 12.0. The summed E-state index contributed by atoms with van der Waals surface area (Å²) in [5.74, 6) is -0.0760. The normalized spacial score (nSPS) is 10.6. The van der Waals surface area contributed by atoms with Crippen molar-refractivity contribution in [2.24, 2.45) is 0 Å². The standard InChI is InChI=1S/C19H17N3O2S/c1-12-19(22-17-10-6-5-9-16(17)20-12)25-11-18(24)21-15-8-4-3-7-14(15)13(2)23/h3-10H,11H2,1-2H3,(H,21,24). The molecule has 1 aromatic heterocycles. The van der Waals surface area contributed by atoms with Gasteiger partial charge in [-0.05, 0) is 38.1 Å². The first-order valence-corrected chi connectivity index (χ1v) is 8.79. The molecule has 0 saturated carbocycles. The number of nitrogens with zero attached hydrogens (tertiary/aromatic N) is 2. The predicted octanol–water partition coefficient (Wildman–Crippen LogP) is 3.87. The van der Waals surface area contributed by atoms with E-state index in [1.54, 1.807) is 24.3 Å². The Kier molecular flexibility index (Phi) is 5.09. The fourth-order valence-electron chi connectivity index (χ4n) is 2.43. The maximum absolute atomic E-state index is 12.2. The molecule has 0 fully saturated rings. The Morgan fingerprint density at radius 2 is 1.64 bits per heavy atom. The van der Waals surface area contributed by atoms with Crippen molar-refractivity contribution in [3.63, 3.8) is 0 Å². The number of hydrogen-bond donors (Lipinski definition) is 1. The first kappa shape index (κ1) is 17.1. The summed E-state index contributed by atoms with van der Waals surface area (Å²) in [4.78, 5) is 32.9. The predicted molar refractivity (Wildman–Crippen MR) is 100 cm³/mol. The second-order valence-corrected chi connectivity index (χ2v) is 6.51. The lowest BCUT2D eigenvalue weighted by atomic mass is 10.1. The zero-order chi connectivity index (χ0) is 17.8. The van der Waals surface area contributed by atoms with Gasteiger partial charge in [0.25, 0.3) is 0 Å². The number of para-hydroxylation sites is 3. The van der Waals surface area contributed by atoms with E-state index < -0.39 is 0 Å². The first-order valence-electron chi connectivity index (χ1n) is 7.80. The molecule has 126 valence electrons. The number of aryl methyl sites for hydroxylation is 1. The average Bonchev–Trinajstić information content (AvgIpc) is 2.60. The van der Waals surface area contributed by atoms with Gasteiger partial charge < -0.3 is 5.32 Å². The van der Waals surface area contributed by atoms with Gasteiger partial charge in [0.05, 0.1) is 28.2 Å². The fourth-order valence-corrected chi connectivity index (χ4v) is 3.19. The van der Waals surface area contributed by atoms with E-state index in [1.807, 2.05) is 31.2 Å². The van der Waals surface area contributed by atoms with Crippen LogP contribution in [0.1, 0.15) is 23.0 Å². The van der Waals surface area contributed by atoms with Gasteiger partial charge >= 0.3 is 0 Å². The summed E-state index contributed by atoms with van der Waals surface area (Å²) in [6, 6.07) is 14.6. The monoisotopic (exact) mass is 351 g/mol. The van der Waals surface area contributed by atoms with E-state index in [4.69, 9.17) is 0 Å². The Morgan fingerprint density at radius 1 is 1.00 bits per heavy atom. The maximum Gasteiger partial charge on any atom is 0.234 e. The molecular formula is C19H17N3O2S. The molecule has 0 aliphatic rings. The fraction of sp³-hybridized carbons (Fsp3) is 0.158. The summed E-state index contributed by atoms with van der Waals surface area (Å²) in [7, 11) is 0. The summed E-state index contributed by atoms with van der Waals surface area (Å²) in [5, 5.41) is 3.52. The van der Waals surface area contributed by atoms with E-state index in [0.29, 0.717) is 11.3 Å². The van der Waals surface area contributed by atoms with Gasteiger partial charge in [-0.2, -0.15) is 0 Å². The maximum atomic E-state index is 12.2. The molecular weight excluding hydrogens is 334 g/mol. The van der Waals surface area contributed by atoms with E-state index in [0.717, 1.165) is 21.8 Å². The molecule has 0 aliphatic carbocycles. The quantitative estimate of drug-likeness (QED) is 0.558. The largest absolute Gasteiger partial charge is 0.325 e. The van der Waals surface area contributed by atoms with Crippen LogP contribution in [0.2, 0.25) is 0 Å². The number of hydrogen-bond acceptors (Lipinski definition) is 5. The molecule has 3 aromatic rings. The number of nitrogens with one attached hydrogen (secondary N) is 1. The zero-order valence-electron chi connectivity index (χ0n) is 13.9. The van der Waals surface area contributed by atoms with Crippen molar-refractivity contribution in [2.75, 3.05) is 11.1 Å². The van der Waals surface area contributed by atoms with Gasteiger partial charge in [0.1, 0.15) is 5.03 Å². The van der Waals surface area contributed by atoms with Crippen LogP contribution in [-0.4, -0.2) is 27.4 Å². The molecule has 2 aromatic carbocycles. The molecule has 25 heavy (non-hydrogen) atoms. The van der Waals surface area contributed by atoms with Gasteiger partial charge in [0.15, 0.2) is 5.78 Å². The molecule has 6 heteroatoms. The van der Waals surface area contributed by atoms with Gasteiger partial charge in [-0.3, -0.25) is 9.59 Å². The molecule has 0 saturated heterocycles. The van der Waals surface area contributed by atoms with Crippen molar-refractivity contribution in [1.29, 1.82) is 0 Å². The summed E-state index contributed by atoms with van der Waals surface area (Å²) >= 11 is 1.33. The molecule has 3 rings (SSSR count). The zero-order valence-corrected chi connectivity index (χ0v) is 14.8. The summed E-state index contributed by atoms with van der Waals surface area (Å²) in [6.45, 7) is 3.36. The minimum absolute atomic E-state index is 0.0835. The highest BCUT2D eigenvalue weighted by Gasteiger charge is 2.12. The van der Waals surface area contributed by atoms with Crippen molar-refractivity contribution in [3.05, 3.63) is 59.8 Å².